The van der Waals surface area contributed by atoms with Gasteiger partial charge in [0.25, 0.3) is 5.56 Å². The van der Waals surface area contributed by atoms with E-state index in [4.69, 9.17) is 0 Å². The molecule has 0 radical (unpaired) electrons. The predicted molar refractivity (Wildman–Crippen MR) is 88.9 cm³/mol. The highest BCUT2D eigenvalue weighted by molar-refractivity contribution is 9.10. The summed E-state index contributed by atoms with van der Waals surface area (Å²) < 4.78 is 2.74. The van der Waals surface area contributed by atoms with Crippen molar-refractivity contribution in [3.8, 4) is 6.07 Å². The van der Waals surface area contributed by atoms with Crippen LogP contribution in [0.1, 0.15) is 23.4 Å². The van der Waals surface area contributed by atoms with Crippen molar-refractivity contribution in [1.82, 2.24) is 14.8 Å². The zero-order valence-electron chi connectivity index (χ0n) is 11.7. The molecule has 3 aromatic rings. The van der Waals surface area contributed by atoms with Gasteiger partial charge in [0.15, 0.2) is 0 Å². The van der Waals surface area contributed by atoms with Crippen LogP contribution in [-0.2, 0) is 6.54 Å². The third-order valence-electron chi connectivity index (χ3n) is 3.31. The lowest BCUT2D eigenvalue weighted by atomic mass is 10.0. The van der Waals surface area contributed by atoms with Crippen LogP contribution in [0.3, 0.4) is 0 Å². The Morgan fingerprint density at radius 1 is 1.45 bits per heavy atom. The van der Waals surface area contributed by atoms with Crippen molar-refractivity contribution in [2.75, 3.05) is 0 Å². The molecule has 2 aromatic heterocycles. The molecule has 0 amide bonds. The zero-order valence-corrected chi connectivity index (χ0v) is 14.1. The molecule has 1 aromatic carbocycles. The summed E-state index contributed by atoms with van der Waals surface area (Å²) in [7, 11) is 0. The Bertz CT molecular complexity index is 908. The first-order valence-corrected chi connectivity index (χ1v) is 8.27. The Kier molecular flexibility index (Phi) is 4.05. The van der Waals surface area contributed by atoms with Crippen LogP contribution in [0.4, 0.5) is 0 Å². The van der Waals surface area contributed by atoms with E-state index < -0.39 is 5.92 Å². The first kappa shape index (κ1) is 14.9. The molecule has 7 heteroatoms. The number of thiazole rings is 1. The van der Waals surface area contributed by atoms with Crippen molar-refractivity contribution in [3.05, 3.63) is 55.9 Å². The lowest BCUT2D eigenvalue weighted by molar-refractivity contribution is 0.606. The molecule has 0 aliphatic carbocycles. The molecular weight excluding hydrogens is 364 g/mol. The number of benzene rings is 1. The summed E-state index contributed by atoms with van der Waals surface area (Å²) in [4.78, 5) is 16.7. The van der Waals surface area contributed by atoms with Gasteiger partial charge in [-0.3, -0.25) is 4.79 Å². The molecule has 0 spiro atoms. The fraction of sp³-hybridized carbons (Fsp3) is 0.200. The molecule has 3 rings (SSSR count). The fourth-order valence-corrected chi connectivity index (χ4v) is 3.74. The first-order valence-electron chi connectivity index (χ1n) is 6.66. The standard InChI is InChI=1S/C15H11BrN4OS/c1-2-20-15(21)13(16)10(8-18-20)9(7-17)14-19-11-5-3-4-6-12(11)22-14/h3-6,8-9H,2H2,1H3/t9-/m1/s1. The van der Waals surface area contributed by atoms with E-state index in [1.807, 2.05) is 31.2 Å². The number of hydrogen-bond acceptors (Lipinski definition) is 5. The summed E-state index contributed by atoms with van der Waals surface area (Å²) in [5, 5.41) is 14.3. The second-order valence-corrected chi connectivity index (χ2v) is 6.47. The molecule has 1 atom stereocenters. The van der Waals surface area contributed by atoms with Gasteiger partial charge in [0, 0.05) is 12.1 Å². The van der Waals surface area contributed by atoms with Crippen LogP contribution in [0, 0.1) is 11.3 Å². The number of nitrogens with zero attached hydrogens (tertiary/aromatic N) is 4. The average Bonchev–Trinajstić information content (AvgIpc) is 2.96. The van der Waals surface area contributed by atoms with E-state index in [1.54, 1.807) is 6.20 Å². The quantitative estimate of drug-likeness (QED) is 0.704. The van der Waals surface area contributed by atoms with Gasteiger partial charge < -0.3 is 0 Å². The van der Waals surface area contributed by atoms with Crippen LogP contribution in [0.2, 0.25) is 0 Å². The zero-order chi connectivity index (χ0) is 15.7. The summed E-state index contributed by atoms with van der Waals surface area (Å²) in [6.45, 7) is 2.33. The fourth-order valence-electron chi connectivity index (χ4n) is 2.18. The van der Waals surface area contributed by atoms with Gasteiger partial charge in [-0.2, -0.15) is 10.4 Å². The maximum absolute atomic E-state index is 12.2. The topological polar surface area (TPSA) is 71.6 Å². The Labute approximate surface area is 139 Å². The van der Waals surface area contributed by atoms with Crippen molar-refractivity contribution in [2.24, 2.45) is 0 Å². The molecule has 110 valence electrons. The normalized spacial score (nSPS) is 12.2. The number of rotatable bonds is 3. The number of para-hydroxylation sites is 1. The number of halogens is 1. The number of nitriles is 1. The van der Waals surface area contributed by atoms with Gasteiger partial charge >= 0.3 is 0 Å². The van der Waals surface area contributed by atoms with E-state index >= 15 is 0 Å². The van der Waals surface area contributed by atoms with Crippen molar-refractivity contribution < 1.29 is 0 Å². The van der Waals surface area contributed by atoms with Gasteiger partial charge in [-0.05, 0) is 35.0 Å². The first-order chi connectivity index (χ1) is 10.7. The van der Waals surface area contributed by atoms with Gasteiger partial charge in [-0.25, -0.2) is 9.67 Å². The summed E-state index contributed by atoms with van der Waals surface area (Å²) in [6, 6.07) is 9.95. The number of aromatic nitrogens is 3. The molecule has 0 aliphatic heterocycles. The van der Waals surface area contributed by atoms with E-state index in [-0.39, 0.29) is 5.56 Å². The molecule has 5 nitrogen and oxygen atoms in total. The largest absolute Gasteiger partial charge is 0.281 e. The monoisotopic (exact) mass is 374 g/mol. The Morgan fingerprint density at radius 3 is 2.91 bits per heavy atom. The highest BCUT2D eigenvalue weighted by Crippen LogP contribution is 2.33. The molecule has 0 fully saturated rings. The van der Waals surface area contributed by atoms with Crippen LogP contribution in [0.25, 0.3) is 10.2 Å². The highest BCUT2D eigenvalue weighted by atomic mass is 79.9. The van der Waals surface area contributed by atoms with Gasteiger partial charge in [-0.15, -0.1) is 11.3 Å². The SMILES string of the molecule is CCn1ncc([C@@H](C#N)c2nc3ccccc3s2)c(Br)c1=O. The van der Waals surface area contributed by atoms with Crippen LogP contribution in [0.15, 0.2) is 39.7 Å². The summed E-state index contributed by atoms with van der Waals surface area (Å²) in [5.74, 6) is -0.613. The molecule has 0 N–H and O–H groups in total. The Balaban J connectivity index is 2.14. The van der Waals surface area contributed by atoms with Crippen LogP contribution in [-0.4, -0.2) is 14.8 Å². The third-order valence-corrected chi connectivity index (χ3v) is 5.21. The molecule has 0 saturated heterocycles. The van der Waals surface area contributed by atoms with Gasteiger partial charge in [0.1, 0.15) is 10.9 Å². The average molecular weight is 375 g/mol. The van der Waals surface area contributed by atoms with Crippen LogP contribution in [0.5, 0.6) is 0 Å². The molecule has 0 saturated carbocycles. The van der Waals surface area contributed by atoms with Gasteiger partial charge in [-0.1, -0.05) is 12.1 Å². The number of hydrogen-bond donors (Lipinski definition) is 0. The summed E-state index contributed by atoms with van der Waals surface area (Å²) in [6.07, 6.45) is 1.56. The van der Waals surface area contributed by atoms with E-state index in [9.17, 15) is 10.1 Å². The van der Waals surface area contributed by atoms with E-state index in [1.165, 1.54) is 16.0 Å². The van der Waals surface area contributed by atoms with Gasteiger partial charge in [0.05, 0.1) is 27.0 Å². The van der Waals surface area contributed by atoms with Crippen molar-refractivity contribution >= 4 is 37.5 Å². The molecular formula is C15H11BrN4OS. The maximum atomic E-state index is 12.2. The number of aryl methyl sites for hydroxylation is 1. The Hall–Kier alpha value is -2.04. The summed E-state index contributed by atoms with van der Waals surface area (Å²) in [5.41, 5.74) is 1.17. The van der Waals surface area contributed by atoms with E-state index in [0.29, 0.717) is 21.6 Å². The van der Waals surface area contributed by atoms with Gasteiger partial charge in [0.2, 0.25) is 0 Å². The van der Waals surface area contributed by atoms with Crippen molar-refractivity contribution in [3.63, 3.8) is 0 Å². The third kappa shape index (κ3) is 2.45. The molecule has 2 heterocycles. The lowest BCUT2D eigenvalue weighted by Gasteiger charge is -2.09. The van der Waals surface area contributed by atoms with Crippen LogP contribution < -0.4 is 5.56 Å². The second-order valence-electron chi connectivity index (χ2n) is 4.62. The maximum Gasteiger partial charge on any atom is 0.281 e. The lowest BCUT2D eigenvalue weighted by Crippen LogP contribution is -2.24. The molecule has 0 bridgehead atoms. The van der Waals surface area contributed by atoms with E-state index in [0.717, 1.165) is 10.2 Å². The summed E-state index contributed by atoms with van der Waals surface area (Å²) >= 11 is 4.77. The van der Waals surface area contributed by atoms with Crippen molar-refractivity contribution in [1.29, 1.82) is 5.26 Å². The minimum atomic E-state index is -0.613. The molecule has 0 aliphatic rings. The molecule has 22 heavy (non-hydrogen) atoms. The minimum Gasteiger partial charge on any atom is -0.266 e. The minimum absolute atomic E-state index is 0.235. The highest BCUT2D eigenvalue weighted by Gasteiger charge is 2.23. The smallest absolute Gasteiger partial charge is 0.266 e. The van der Waals surface area contributed by atoms with E-state index in [2.05, 4.69) is 32.1 Å². The Morgan fingerprint density at radius 2 is 2.23 bits per heavy atom. The number of fused-ring (bicyclic) bond motifs is 1. The van der Waals surface area contributed by atoms with Crippen LogP contribution >= 0.6 is 27.3 Å². The predicted octanol–water partition coefficient (Wildman–Crippen LogP) is 3.29. The van der Waals surface area contributed by atoms with Crippen molar-refractivity contribution in [2.45, 2.75) is 19.4 Å². The second kappa shape index (κ2) is 5.99. The molecule has 0 unspecified atom stereocenters.